The molecule has 7 heteroatoms. The van der Waals surface area contributed by atoms with E-state index in [1.165, 1.54) is 11.8 Å². The van der Waals surface area contributed by atoms with Gasteiger partial charge in [0, 0.05) is 11.6 Å². The van der Waals surface area contributed by atoms with Crippen molar-refractivity contribution in [2.75, 3.05) is 13.4 Å². The number of fused-ring (bicyclic) bond motifs is 1. The van der Waals surface area contributed by atoms with E-state index in [0.717, 1.165) is 5.56 Å². The van der Waals surface area contributed by atoms with Crippen molar-refractivity contribution in [2.24, 2.45) is 5.10 Å². The molecule has 0 fully saturated rings. The van der Waals surface area contributed by atoms with Gasteiger partial charge in [-0.05, 0) is 43.2 Å². The van der Waals surface area contributed by atoms with Crippen LogP contribution in [0.25, 0.3) is 0 Å². The van der Waals surface area contributed by atoms with Crippen molar-refractivity contribution in [1.82, 2.24) is 5.43 Å². The van der Waals surface area contributed by atoms with Gasteiger partial charge in [0.1, 0.15) is 5.75 Å². The Balaban J connectivity index is 1.53. The summed E-state index contributed by atoms with van der Waals surface area (Å²) in [4.78, 5) is 11.8. The predicted octanol–water partition coefficient (Wildman–Crippen LogP) is 3.21. The van der Waals surface area contributed by atoms with E-state index in [4.69, 9.17) is 25.8 Å². The summed E-state index contributed by atoms with van der Waals surface area (Å²) in [7, 11) is 0. The van der Waals surface area contributed by atoms with Crippen LogP contribution in [0.2, 0.25) is 5.02 Å². The summed E-state index contributed by atoms with van der Waals surface area (Å²) in [5, 5.41) is 4.34. The molecule has 6 nitrogen and oxygen atoms in total. The van der Waals surface area contributed by atoms with Gasteiger partial charge in [0.05, 0.1) is 11.2 Å². The molecule has 0 aromatic heterocycles. The molecule has 0 atom stereocenters. The largest absolute Gasteiger partial charge is 0.484 e. The van der Waals surface area contributed by atoms with Gasteiger partial charge in [-0.15, -0.1) is 0 Å². The van der Waals surface area contributed by atoms with E-state index in [2.05, 4.69) is 10.5 Å². The average molecular weight is 361 g/mol. The maximum absolute atomic E-state index is 11.8. The third kappa shape index (κ3) is 4.22. The number of nitrogens with zero attached hydrogens (tertiary/aromatic N) is 1. The molecule has 0 saturated carbocycles. The fourth-order valence-corrected chi connectivity index (χ4v) is 2.39. The Morgan fingerprint density at radius 1 is 1.24 bits per heavy atom. The number of halogens is 1. The number of nitrogens with one attached hydrogen (secondary N) is 1. The number of hydrogen-bond acceptors (Lipinski definition) is 5. The Kier molecular flexibility index (Phi) is 5.09. The van der Waals surface area contributed by atoms with Crippen molar-refractivity contribution < 1.29 is 19.0 Å². The Bertz CT molecular complexity index is 836. The molecular weight excluding hydrogens is 344 g/mol. The Morgan fingerprint density at radius 3 is 2.76 bits per heavy atom. The van der Waals surface area contributed by atoms with Crippen LogP contribution in [0.5, 0.6) is 17.2 Å². The minimum atomic E-state index is -0.369. The second-order valence-corrected chi connectivity index (χ2v) is 5.96. The molecule has 2 aromatic rings. The SMILES string of the molecule is Cc1ccc(OCC(=O)N/N=C/c2cc3c(cc2Cl)OCO3)cc1C. The van der Waals surface area contributed by atoms with Gasteiger partial charge in [0.25, 0.3) is 5.91 Å². The smallest absolute Gasteiger partial charge is 0.277 e. The number of ether oxygens (including phenoxy) is 3. The topological polar surface area (TPSA) is 69.2 Å². The van der Waals surface area contributed by atoms with Crippen LogP contribution >= 0.6 is 11.6 Å². The van der Waals surface area contributed by atoms with E-state index in [-0.39, 0.29) is 19.3 Å². The molecule has 0 radical (unpaired) electrons. The zero-order valence-electron chi connectivity index (χ0n) is 13.8. The van der Waals surface area contributed by atoms with Crippen LogP contribution in [0, 0.1) is 13.8 Å². The molecule has 130 valence electrons. The van der Waals surface area contributed by atoms with Crippen LogP contribution in [-0.2, 0) is 4.79 Å². The second-order valence-electron chi connectivity index (χ2n) is 5.55. The van der Waals surface area contributed by atoms with E-state index in [9.17, 15) is 4.79 Å². The highest BCUT2D eigenvalue weighted by Crippen LogP contribution is 2.36. The lowest BCUT2D eigenvalue weighted by atomic mass is 10.1. The molecule has 0 spiro atoms. The van der Waals surface area contributed by atoms with E-state index in [0.29, 0.717) is 27.8 Å². The summed E-state index contributed by atoms with van der Waals surface area (Å²) < 4.78 is 15.9. The van der Waals surface area contributed by atoms with Gasteiger partial charge in [-0.25, -0.2) is 5.43 Å². The zero-order valence-corrected chi connectivity index (χ0v) is 14.6. The second kappa shape index (κ2) is 7.44. The number of hydrazone groups is 1. The fraction of sp³-hybridized carbons (Fsp3) is 0.222. The van der Waals surface area contributed by atoms with Crippen LogP contribution < -0.4 is 19.6 Å². The van der Waals surface area contributed by atoms with Crippen LogP contribution in [0.3, 0.4) is 0 Å². The Hall–Kier alpha value is -2.73. The van der Waals surface area contributed by atoms with Gasteiger partial charge in [0.15, 0.2) is 18.1 Å². The number of hydrogen-bond donors (Lipinski definition) is 1. The van der Waals surface area contributed by atoms with E-state index in [1.807, 2.05) is 32.0 Å². The molecule has 0 unspecified atom stereocenters. The maximum Gasteiger partial charge on any atom is 0.277 e. The first-order valence-corrected chi connectivity index (χ1v) is 8.02. The molecule has 0 bridgehead atoms. The van der Waals surface area contributed by atoms with Crippen molar-refractivity contribution in [3.05, 3.63) is 52.0 Å². The maximum atomic E-state index is 11.8. The van der Waals surface area contributed by atoms with E-state index < -0.39 is 0 Å². The van der Waals surface area contributed by atoms with Crippen molar-refractivity contribution in [2.45, 2.75) is 13.8 Å². The quantitative estimate of drug-likeness (QED) is 0.656. The Morgan fingerprint density at radius 2 is 2.00 bits per heavy atom. The molecule has 0 saturated heterocycles. The lowest BCUT2D eigenvalue weighted by Crippen LogP contribution is -2.24. The summed E-state index contributed by atoms with van der Waals surface area (Å²) in [5.41, 5.74) is 5.28. The number of amides is 1. The summed E-state index contributed by atoms with van der Waals surface area (Å²) >= 11 is 6.13. The van der Waals surface area contributed by atoms with Gasteiger partial charge < -0.3 is 14.2 Å². The highest BCUT2D eigenvalue weighted by Gasteiger charge is 2.15. The first-order valence-electron chi connectivity index (χ1n) is 7.64. The normalized spacial score (nSPS) is 12.4. The standard InChI is InChI=1S/C18H17ClN2O4/c1-11-3-4-14(5-12(11)2)23-9-18(22)21-20-8-13-6-16-17(7-15(13)19)25-10-24-16/h3-8H,9-10H2,1-2H3,(H,21,22)/b20-8+. The number of benzene rings is 2. The molecule has 0 aliphatic carbocycles. The number of carbonyl (C=O) groups is 1. The number of carbonyl (C=O) groups excluding carboxylic acids is 1. The fourth-order valence-electron chi connectivity index (χ4n) is 2.19. The van der Waals surface area contributed by atoms with Crippen LogP contribution in [-0.4, -0.2) is 25.5 Å². The van der Waals surface area contributed by atoms with E-state index in [1.54, 1.807) is 12.1 Å². The highest BCUT2D eigenvalue weighted by molar-refractivity contribution is 6.33. The first-order chi connectivity index (χ1) is 12.0. The predicted molar refractivity (Wildman–Crippen MR) is 94.7 cm³/mol. The van der Waals surface area contributed by atoms with Gasteiger partial charge in [0.2, 0.25) is 6.79 Å². The van der Waals surface area contributed by atoms with Crippen molar-refractivity contribution in [3.63, 3.8) is 0 Å². The van der Waals surface area contributed by atoms with Crippen molar-refractivity contribution in [1.29, 1.82) is 0 Å². The van der Waals surface area contributed by atoms with Crippen molar-refractivity contribution in [3.8, 4) is 17.2 Å². The van der Waals surface area contributed by atoms with Gasteiger partial charge in [-0.2, -0.15) is 5.10 Å². The van der Waals surface area contributed by atoms with Crippen LogP contribution in [0.15, 0.2) is 35.4 Å². The third-order valence-corrected chi connectivity index (χ3v) is 4.06. The van der Waals surface area contributed by atoms with Crippen molar-refractivity contribution >= 4 is 23.7 Å². The number of rotatable bonds is 5. The minimum absolute atomic E-state index is 0.130. The molecule has 25 heavy (non-hydrogen) atoms. The molecule has 1 aliphatic rings. The summed E-state index contributed by atoms with van der Waals surface area (Å²) in [5.74, 6) is 1.45. The lowest BCUT2D eigenvalue weighted by Gasteiger charge is -2.07. The molecule has 1 heterocycles. The van der Waals surface area contributed by atoms with Gasteiger partial charge in [-0.1, -0.05) is 17.7 Å². The average Bonchev–Trinajstić information content (AvgIpc) is 3.03. The lowest BCUT2D eigenvalue weighted by molar-refractivity contribution is -0.123. The first kappa shape index (κ1) is 17.1. The van der Waals surface area contributed by atoms with Crippen LogP contribution in [0.4, 0.5) is 0 Å². The molecule has 1 amide bonds. The van der Waals surface area contributed by atoms with E-state index >= 15 is 0 Å². The molecule has 2 aromatic carbocycles. The molecule has 3 rings (SSSR count). The Labute approximate surface area is 150 Å². The molecular formula is C18H17ClN2O4. The summed E-state index contributed by atoms with van der Waals surface area (Å²) in [6.07, 6.45) is 1.44. The summed E-state index contributed by atoms with van der Waals surface area (Å²) in [6.45, 7) is 4.04. The molecule has 1 N–H and O–H groups in total. The molecule has 1 aliphatic heterocycles. The third-order valence-electron chi connectivity index (χ3n) is 3.73. The highest BCUT2D eigenvalue weighted by atomic mass is 35.5. The summed E-state index contributed by atoms with van der Waals surface area (Å²) in [6, 6.07) is 9.01. The minimum Gasteiger partial charge on any atom is -0.484 e. The van der Waals surface area contributed by atoms with Gasteiger partial charge in [-0.3, -0.25) is 4.79 Å². The monoisotopic (exact) mass is 360 g/mol. The number of aryl methyl sites for hydroxylation is 2. The zero-order chi connectivity index (χ0) is 17.8. The van der Waals surface area contributed by atoms with Gasteiger partial charge >= 0.3 is 0 Å². The van der Waals surface area contributed by atoms with Crippen LogP contribution in [0.1, 0.15) is 16.7 Å².